The molecular formula is C15H13N3O3S. The molecule has 0 atom stereocenters. The quantitative estimate of drug-likeness (QED) is 0.748. The Labute approximate surface area is 130 Å². The topological polar surface area (TPSA) is 72.7 Å². The maximum atomic E-state index is 12.6. The van der Waals surface area contributed by atoms with Crippen molar-refractivity contribution in [2.24, 2.45) is 0 Å². The van der Waals surface area contributed by atoms with Crippen molar-refractivity contribution in [1.29, 1.82) is 0 Å². The van der Waals surface area contributed by atoms with E-state index in [0.29, 0.717) is 17.3 Å². The van der Waals surface area contributed by atoms with Crippen molar-refractivity contribution in [3.8, 4) is 11.3 Å². The summed E-state index contributed by atoms with van der Waals surface area (Å²) in [7, 11) is 0. The highest BCUT2D eigenvalue weighted by Crippen LogP contribution is 2.23. The van der Waals surface area contributed by atoms with Crippen LogP contribution >= 0.6 is 11.3 Å². The van der Waals surface area contributed by atoms with E-state index in [1.165, 1.54) is 21.9 Å². The molecule has 0 fully saturated rings. The van der Waals surface area contributed by atoms with Gasteiger partial charge in [0.25, 0.3) is 11.5 Å². The number of hydrogen-bond donors (Lipinski definition) is 1. The van der Waals surface area contributed by atoms with Gasteiger partial charge in [-0.3, -0.25) is 18.8 Å². The van der Waals surface area contributed by atoms with Crippen LogP contribution in [-0.2, 0) is 4.84 Å². The molecule has 1 amide bonds. The molecule has 0 bridgehead atoms. The number of nitrogens with zero attached hydrogens (tertiary/aromatic N) is 2. The number of rotatable bonds is 4. The van der Waals surface area contributed by atoms with E-state index in [1.54, 1.807) is 6.92 Å². The van der Waals surface area contributed by atoms with Crippen molar-refractivity contribution in [1.82, 2.24) is 14.9 Å². The van der Waals surface area contributed by atoms with Crippen LogP contribution in [0.15, 0.2) is 46.7 Å². The number of hydrogen-bond acceptors (Lipinski definition) is 5. The fourth-order valence-electron chi connectivity index (χ4n) is 2.05. The summed E-state index contributed by atoms with van der Waals surface area (Å²) >= 11 is 1.35. The lowest BCUT2D eigenvalue weighted by Gasteiger charge is -2.05. The number of thiazole rings is 1. The first-order chi connectivity index (χ1) is 10.7. The van der Waals surface area contributed by atoms with Gasteiger partial charge in [0.15, 0.2) is 4.96 Å². The summed E-state index contributed by atoms with van der Waals surface area (Å²) in [5.41, 5.74) is 3.35. The maximum absolute atomic E-state index is 12.6. The standard InChI is InChI=1S/C15H13N3O3S/c1-2-21-17-13(19)11-8-16-15-18(14(11)20)12(9-22-15)10-6-4-3-5-7-10/h3-9H,2H2,1H3,(H,17,19). The number of carbonyl (C=O) groups is 1. The number of fused-ring (bicyclic) bond motifs is 1. The van der Waals surface area contributed by atoms with Gasteiger partial charge in [-0.1, -0.05) is 30.3 Å². The van der Waals surface area contributed by atoms with Gasteiger partial charge in [0.2, 0.25) is 0 Å². The van der Waals surface area contributed by atoms with Crippen LogP contribution < -0.4 is 11.0 Å². The largest absolute Gasteiger partial charge is 0.282 e. The molecule has 3 aromatic rings. The first-order valence-electron chi connectivity index (χ1n) is 6.69. The van der Waals surface area contributed by atoms with E-state index >= 15 is 0 Å². The summed E-state index contributed by atoms with van der Waals surface area (Å²) in [6.45, 7) is 2.05. The zero-order valence-corrected chi connectivity index (χ0v) is 12.6. The molecule has 0 spiro atoms. The van der Waals surface area contributed by atoms with Crippen LogP contribution in [0, 0.1) is 0 Å². The molecule has 1 N–H and O–H groups in total. The minimum absolute atomic E-state index is 0.0541. The van der Waals surface area contributed by atoms with E-state index in [2.05, 4.69) is 10.5 Å². The van der Waals surface area contributed by atoms with Gasteiger partial charge in [-0.25, -0.2) is 10.5 Å². The van der Waals surface area contributed by atoms with Gasteiger partial charge in [0.1, 0.15) is 5.56 Å². The van der Waals surface area contributed by atoms with Crippen LogP contribution in [0.5, 0.6) is 0 Å². The third kappa shape index (κ3) is 2.51. The molecule has 1 aromatic carbocycles. The Morgan fingerprint density at radius 3 is 2.86 bits per heavy atom. The van der Waals surface area contributed by atoms with Gasteiger partial charge < -0.3 is 0 Å². The number of amides is 1. The summed E-state index contributed by atoms with van der Waals surface area (Å²) in [6, 6.07) is 9.49. The normalized spacial score (nSPS) is 10.8. The van der Waals surface area contributed by atoms with Gasteiger partial charge in [-0.15, -0.1) is 11.3 Å². The van der Waals surface area contributed by atoms with Crippen LogP contribution in [0.3, 0.4) is 0 Å². The summed E-state index contributed by atoms with van der Waals surface area (Å²) in [5, 5.41) is 1.85. The molecule has 6 nitrogen and oxygen atoms in total. The molecule has 0 radical (unpaired) electrons. The molecule has 3 rings (SSSR count). The van der Waals surface area contributed by atoms with Gasteiger partial charge in [0.05, 0.1) is 12.3 Å². The van der Waals surface area contributed by atoms with Crippen LogP contribution in [-0.4, -0.2) is 21.9 Å². The van der Waals surface area contributed by atoms with Crippen molar-refractivity contribution in [3.05, 3.63) is 57.8 Å². The Hall–Kier alpha value is -2.51. The molecule has 2 heterocycles. The second kappa shape index (κ2) is 6.08. The molecule has 0 unspecified atom stereocenters. The van der Waals surface area contributed by atoms with Gasteiger partial charge >= 0.3 is 0 Å². The Balaban J connectivity index is 2.14. The minimum Gasteiger partial charge on any atom is -0.274 e. The molecule has 0 aliphatic carbocycles. The predicted molar refractivity (Wildman–Crippen MR) is 83.9 cm³/mol. The summed E-state index contributed by atoms with van der Waals surface area (Å²) in [5.74, 6) is -0.598. The molecule has 0 saturated carbocycles. The average molecular weight is 315 g/mol. The van der Waals surface area contributed by atoms with Crippen LogP contribution in [0.4, 0.5) is 0 Å². The van der Waals surface area contributed by atoms with Crippen LogP contribution in [0.1, 0.15) is 17.3 Å². The zero-order chi connectivity index (χ0) is 15.5. The second-order valence-electron chi connectivity index (χ2n) is 4.45. The van der Waals surface area contributed by atoms with Crippen molar-refractivity contribution < 1.29 is 9.63 Å². The van der Waals surface area contributed by atoms with Crippen LogP contribution in [0.25, 0.3) is 16.2 Å². The van der Waals surface area contributed by atoms with E-state index in [1.807, 2.05) is 35.7 Å². The number of benzene rings is 1. The van der Waals surface area contributed by atoms with E-state index < -0.39 is 11.5 Å². The Morgan fingerprint density at radius 2 is 2.14 bits per heavy atom. The molecule has 0 aliphatic rings. The third-order valence-corrected chi connectivity index (χ3v) is 3.91. The lowest BCUT2D eigenvalue weighted by atomic mass is 10.2. The number of hydroxylamine groups is 1. The van der Waals surface area contributed by atoms with Crippen LogP contribution in [0.2, 0.25) is 0 Å². The van der Waals surface area contributed by atoms with Crippen molar-refractivity contribution in [2.75, 3.05) is 6.61 Å². The fourth-order valence-corrected chi connectivity index (χ4v) is 2.91. The van der Waals surface area contributed by atoms with Gasteiger partial charge in [-0.2, -0.15) is 0 Å². The van der Waals surface area contributed by atoms with Crippen molar-refractivity contribution >= 4 is 22.2 Å². The van der Waals surface area contributed by atoms with Gasteiger partial charge in [0, 0.05) is 11.6 Å². The summed E-state index contributed by atoms with van der Waals surface area (Å²) in [6.07, 6.45) is 1.28. The van der Waals surface area contributed by atoms with Crippen molar-refractivity contribution in [2.45, 2.75) is 6.92 Å². The Morgan fingerprint density at radius 1 is 1.36 bits per heavy atom. The monoisotopic (exact) mass is 315 g/mol. The molecule has 2 aromatic heterocycles. The molecule has 7 heteroatoms. The Bertz CT molecular complexity index is 871. The van der Waals surface area contributed by atoms with Crippen molar-refractivity contribution in [3.63, 3.8) is 0 Å². The predicted octanol–water partition coefficient (Wildman–Crippen LogP) is 2.10. The van der Waals surface area contributed by atoms with E-state index in [-0.39, 0.29) is 5.56 Å². The highest BCUT2D eigenvalue weighted by molar-refractivity contribution is 7.15. The van der Waals surface area contributed by atoms with E-state index in [4.69, 9.17) is 4.84 Å². The highest BCUT2D eigenvalue weighted by Gasteiger charge is 2.16. The Kier molecular flexibility index (Phi) is 3.99. The highest BCUT2D eigenvalue weighted by atomic mass is 32.1. The first-order valence-corrected chi connectivity index (χ1v) is 7.57. The maximum Gasteiger partial charge on any atom is 0.282 e. The average Bonchev–Trinajstić information content (AvgIpc) is 2.99. The summed E-state index contributed by atoms with van der Waals surface area (Å²) in [4.78, 5) is 34.1. The molecule has 22 heavy (non-hydrogen) atoms. The molecule has 0 saturated heterocycles. The minimum atomic E-state index is -0.598. The van der Waals surface area contributed by atoms with E-state index in [9.17, 15) is 9.59 Å². The molecule has 0 aliphatic heterocycles. The smallest absolute Gasteiger partial charge is 0.274 e. The zero-order valence-electron chi connectivity index (χ0n) is 11.8. The summed E-state index contributed by atoms with van der Waals surface area (Å²) < 4.78 is 1.45. The number of nitrogens with one attached hydrogen (secondary N) is 1. The molecule has 112 valence electrons. The molecular weight excluding hydrogens is 302 g/mol. The van der Waals surface area contributed by atoms with Gasteiger partial charge in [-0.05, 0) is 12.5 Å². The lowest BCUT2D eigenvalue weighted by molar-refractivity contribution is 0.0362. The lowest BCUT2D eigenvalue weighted by Crippen LogP contribution is -2.31. The van der Waals surface area contributed by atoms with E-state index in [0.717, 1.165) is 5.56 Å². The fraction of sp³-hybridized carbons (Fsp3) is 0.133. The second-order valence-corrected chi connectivity index (χ2v) is 5.28. The number of carbonyl (C=O) groups excluding carboxylic acids is 1. The number of aromatic nitrogens is 2. The SMILES string of the molecule is CCONC(=O)c1cnc2scc(-c3ccccc3)n2c1=O. The first kappa shape index (κ1) is 14.4. The third-order valence-electron chi connectivity index (χ3n) is 3.07.